The largest absolute Gasteiger partial charge is 0.375 e. The van der Waals surface area contributed by atoms with Crippen molar-refractivity contribution in [3.05, 3.63) is 29.6 Å². The summed E-state index contributed by atoms with van der Waals surface area (Å²) in [7, 11) is -3.36. The van der Waals surface area contributed by atoms with Crippen molar-refractivity contribution in [1.29, 1.82) is 0 Å². The van der Waals surface area contributed by atoms with Crippen LogP contribution in [0.3, 0.4) is 0 Å². The second-order valence-corrected chi connectivity index (χ2v) is 7.89. The average molecular weight is 323 g/mol. The molecule has 1 aliphatic rings. The van der Waals surface area contributed by atoms with Crippen molar-refractivity contribution in [2.75, 3.05) is 18.8 Å². The number of hydrogen-bond acceptors (Lipinski definition) is 5. The lowest BCUT2D eigenvalue weighted by Crippen LogP contribution is -2.35. The Morgan fingerprint density at radius 3 is 2.33 bits per heavy atom. The molecule has 112 valence electrons. The first kappa shape index (κ1) is 14.5. The van der Waals surface area contributed by atoms with Crippen molar-refractivity contribution < 1.29 is 8.42 Å². The highest BCUT2D eigenvalue weighted by atomic mass is 32.2. The summed E-state index contributed by atoms with van der Waals surface area (Å²) >= 11 is 1.37. The first-order valence-electron chi connectivity index (χ1n) is 6.89. The molecular formula is C14H17N3O2S2. The number of hydrogen-bond donors (Lipinski definition) is 1. The lowest BCUT2D eigenvalue weighted by Gasteiger charge is -2.25. The molecule has 2 N–H and O–H groups in total. The Bertz CT molecular complexity index is 717. The zero-order valence-corrected chi connectivity index (χ0v) is 13.2. The quantitative estimate of drug-likeness (QED) is 0.942. The highest BCUT2D eigenvalue weighted by molar-refractivity contribution is 7.89. The van der Waals surface area contributed by atoms with Crippen LogP contribution in [0.25, 0.3) is 11.3 Å². The van der Waals surface area contributed by atoms with Crippen LogP contribution in [-0.4, -0.2) is 30.8 Å². The Morgan fingerprint density at radius 1 is 1.10 bits per heavy atom. The number of aromatic nitrogens is 1. The van der Waals surface area contributed by atoms with Gasteiger partial charge in [0.05, 0.1) is 10.6 Å². The molecule has 3 rings (SSSR count). The number of sulfonamides is 1. The summed E-state index contributed by atoms with van der Waals surface area (Å²) in [6.07, 6.45) is 2.99. The summed E-state index contributed by atoms with van der Waals surface area (Å²) in [5, 5.41) is 2.37. The van der Waals surface area contributed by atoms with E-state index in [0.29, 0.717) is 23.1 Å². The predicted octanol–water partition coefficient (Wildman–Crippen LogP) is 2.57. The van der Waals surface area contributed by atoms with E-state index >= 15 is 0 Å². The highest BCUT2D eigenvalue weighted by Crippen LogP contribution is 2.26. The minimum Gasteiger partial charge on any atom is -0.375 e. The van der Waals surface area contributed by atoms with E-state index in [1.165, 1.54) is 11.3 Å². The van der Waals surface area contributed by atoms with Gasteiger partial charge in [0, 0.05) is 24.0 Å². The van der Waals surface area contributed by atoms with E-state index in [1.807, 2.05) is 5.38 Å². The van der Waals surface area contributed by atoms with Crippen LogP contribution >= 0.6 is 11.3 Å². The summed E-state index contributed by atoms with van der Waals surface area (Å²) in [6.45, 7) is 1.24. The molecule has 7 heteroatoms. The maximum atomic E-state index is 12.5. The Balaban J connectivity index is 1.86. The molecule has 0 radical (unpaired) electrons. The van der Waals surface area contributed by atoms with Gasteiger partial charge in [-0.3, -0.25) is 0 Å². The zero-order valence-electron chi connectivity index (χ0n) is 11.5. The van der Waals surface area contributed by atoms with Crippen LogP contribution in [0, 0.1) is 0 Å². The molecule has 2 aromatic rings. The van der Waals surface area contributed by atoms with Gasteiger partial charge in [-0.05, 0) is 25.0 Å². The predicted molar refractivity (Wildman–Crippen MR) is 84.6 cm³/mol. The van der Waals surface area contributed by atoms with Crippen LogP contribution in [0.5, 0.6) is 0 Å². The standard InChI is InChI=1S/C14H17N3O2S2/c15-14-16-13(10-20-14)11-4-6-12(7-5-11)21(18,19)17-8-2-1-3-9-17/h4-7,10H,1-3,8-9H2,(H2,15,16). The Kier molecular flexibility index (Phi) is 3.97. The van der Waals surface area contributed by atoms with Crippen molar-refractivity contribution in [3.63, 3.8) is 0 Å². The van der Waals surface area contributed by atoms with Crippen molar-refractivity contribution in [1.82, 2.24) is 9.29 Å². The molecule has 5 nitrogen and oxygen atoms in total. The molecule has 0 unspecified atom stereocenters. The third-order valence-electron chi connectivity index (χ3n) is 3.62. The number of rotatable bonds is 3. The summed E-state index contributed by atoms with van der Waals surface area (Å²) in [6, 6.07) is 6.86. The number of anilines is 1. The fourth-order valence-corrected chi connectivity index (χ4v) is 4.56. The minimum atomic E-state index is -3.36. The van der Waals surface area contributed by atoms with Crippen LogP contribution in [0.1, 0.15) is 19.3 Å². The van der Waals surface area contributed by atoms with Gasteiger partial charge in [0.25, 0.3) is 0 Å². The lowest BCUT2D eigenvalue weighted by atomic mass is 10.2. The molecule has 21 heavy (non-hydrogen) atoms. The van der Waals surface area contributed by atoms with Crippen molar-refractivity contribution in [2.45, 2.75) is 24.2 Å². The van der Waals surface area contributed by atoms with E-state index in [0.717, 1.165) is 30.5 Å². The van der Waals surface area contributed by atoms with Gasteiger partial charge in [-0.15, -0.1) is 11.3 Å². The monoisotopic (exact) mass is 323 g/mol. The lowest BCUT2D eigenvalue weighted by molar-refractivity contribution is 0.346. The Labute approximate surface area is 128 Å². The third kappa shape index (κ3) is 2.95. The summed E-state index contributed by atoms with van der Waals surface area (Å²) < 4.78 is 26.6. The number of nitrogens with two attached hydrogens (primary N) is 1. The van der Waals surface area contributed by atoms with E-state index in [4.69, 9.17) is 5.73 Å². The molecule has 0 aliphatic carbocycles. The second-order valence-electron chi connectivity index (χ2n) is 5.06. The SMILES string of the molecule is Nc1nc(-c2ccc(S(=O)(=O)N3CCCCC3)cc2)cs1. The fraction of sp³-hybridized carbons (Fsp3) is 0.357. The van der Waals surface area contributed by atoms with E-state index < -0.39 is 10.0 Å². The van der Waals surface area contributed by atoms with Gasteiger partial charge in [-0.25, -0.2) is 13.4 Å². The van der Waals surface area contributed by atoms with Crippen LogP contribution < -0.4 is 5.73 Å². The van der Waals surface area contributed by atoms with Crippen molar-refractivity contribution >= 4 is 26.5 Å². The molecule has 0 saturated carbocycles. The first-order valence-corrected chi connectivity index (χ1v) is 9.21. The normalized spacial score (nSPS) is 17.0. The first-order chi connectivity index (χ1) is 10.1. The van der Waals surface area contributed by atoms with Crippen molar-refractivity contribution in [3.8, 4) is 11.3 Å². The molecular weight excluding hydrogens is 306 g/mol. The third-order valence-corrected chi connectivity index (χ3v) is 6.21. The van der Waals surface area contributed by atoms with Gasteiger partial charge in [-0.2, -0.15) is 4.31 Å². The van der Waals surface area contributed by atoms with Crippen LogP contribution in [0.4, 0.5) is 5.13 Å². The van der Waals surface area contributed by atoms with Crippen LogP contribution in [0.2, 0.25) is 0 Å². The number of benzene rings is 1. The van der Waals surface area contributed by atoms with E-state index in [9.17, 15) is 8.42 Å². The van der Waals surface area contributed by atoms with Crippen molar-refractivity contribution in [2.24, 2.45) is 0 Å². The maximum absolute atomic E-state index is 12.5. The molecule has 0 spiro atoms. The molecule has 1 aliphatic heterocycles. The van der Waals surface area contributed by atoms with Crippen LogP contribution in [-0.2, 0) is 10.0 Å². The Hall–Kier alpha value is -1.44. The summed E-state index contributed by atoms with van der Waals surface area (Å²) in [5.41, 5.74) is 7.27. The highest BCUT2D eigenvalue weighted by Gasteiger charge is 2.25. The van der Waals surface area contributed by atoms with Gasteiger partial charge in [0.15, 0.2) is 5.13 Å². The smallest absolute Gasteiger partial charge is 0.243 e. The molecule has 1 fully saturated rings. The summed E-state index contributed by atoms with van der Waals surface area (Å²) in [5.74, 6) is 0. The molecule has 0 atom stereocenters. The Morgan fingerprint density at radius 2 is 1.76 bits per heavy atom. The minimum absolute atomic E-state index is 0.344. The van der Waals surface area contributed by atoms with Crippen LogP contribution in [0.15, 0.2) is 34.5 Å². The second kappa shape index (κ2) is 5.75. The average Bonchev–Trinajstić information content (AvgIpc) is 2.95. The molecule has 1 aromatic heterocycles. The molecule has 2 heterocycles. The van der Waals surface area contributed by atoms with E-state index in [2.05, 4.69) is 4.98 Å². The number of thiazole rings is 1. The van der Waals surface area contributed by atoms with Gasteiger partial charge in [-0.1, -0.05) is 18.6 Å². The molecule has 1 saturated heterocycles. The van der Waals surface area contributed by atoms with E-state index in [1.54, 1.807) is 28.6 Å². The van der Waals surface area contributed by atoms with Gasteiger partial charge >= 0.3 is 0 Å². The number of nitrogens with zero attached hydrogens (tertiary/aromatic N) is 2. The number of piperidine rings is 1. The van der Waals surface area contributed by atoms with E-state index in [-0.39, 0.29) is 0 Å². The molecule has 0 bridgehead atoms. The van der Waals surface area contributed by atoms with Gasteiger partial charge in [0.1, 0.15) is 0 Å². The van der Waals surface area contributed by atoms with Gasteiger partial charge < -0.3 is 5.73 Å². The zero-order chi connectivity index (χ0) is 14.9. The summed E-state index contributed by atoms with van der Waals surface area (Å²) in [4.78, 5) is 4.54. The molecule has 1 aromatic carbocycles. The topological polar surface area (TPSA) is 76.3 Å². The maximum Gasteiger partial charge on any atom is 0.243 e. The molecule has 0 amide bonds. The number of nitrogen functional groups attached to an aromatic ring is 1. The van der Waals surface area contributed by atoms with Gasteiger partial charge in [0.2, 0.25) is 10.0 Å². The fourth-order valence-electron chi connectivity index (χ4n) is 2.47.